The summed E-state index contributed by atoms with van der Waals surface area (Å²) < 4.78 is 11.9. The third kappa shape index (κ3) is 5.76. The fraction of sp³-hybridized carbons (Fsp3) is 0.429. The van der Waals surface area contributed by atoms with Crippen LogP contribution in [0, 0.1) is 6.92 Å². The number of rotatable bonds is 10. The topological polar surface area (TPSA) is 50.7 Å². The second kappa shape index (κ2) is 10.1. The summed E-state index contributed by atoms with van der Waals surface area (Å²) in [4.78, 5) is 0. The zero-order valence-corrected chi connectivity index (χ0v) is 15.4. The van der Waals surface area contributed by atoms with Crippen molar-refractivity contribution in [2.24, 2.45) is 0 Å². The molecule has 0 aliphatic carbocycles. The first-order valence-corrected chi connectivity index (χ1v) is 8.95. The Morgan fingerprint density at radius 2 is 1.80 bits per heavy atom. The van der Waals surface area contributed by atoms with E-state index in [-0.39, 0.29) is 12.6 Å². The van der Waals surface area contributed by atoms with Crippen molar-refractivity contribution in [3.05, 3.63) is 59.2 Å². The Balaban J connectivity index is 2.15. The van der Waals surface area contributed by atoms with Gasteiger partial charge < -0.3 is 19.9 Å². The summed E-state index contributed by atoms with van der Waals surface area (Å²) in [5.74, 6) is 1.52. The summed E-state index contributed by atoms with van der Waals surface area (Å²) in [5.41, 5.74) is 3.39. The van der Waals surface area contributed by atoms with Gasteiger partial charge in [-0.05, 0) is 31.9 Å². The number of hydrogen-bond acceptors (Lipinski definition) is 4. The van der Waals surface area contributed by atoms with Crippen LogP contribution in [0.15, 0.2) is 42.5 Å². The Hall–Kier alpha value is -2.04. The molecule has 2 rings (SSSR count). The molecule has 2 aromatic rings. The summed E-state index contributed by atoms with van der Waals surface area (Å²) in [6.07, 6.45) is 0.876. The third-order valence-corrected chi connectivity index (χ3v) is 4.16. The molecule has 2 aromatic carbocycles. The Morgan fingerprint density at radius 1 is 1.04 bits per heavy atom. The second-order valence-corrected chi connectivity index (χ2v) is 6.12. The van der Waals surface area contributed by atoms with E-state index in [2.05, 4.69) is 43.4 Å². The summed E-state index contributed by atoms with van der Waals surface area (Å²) in [6, 6.07) is 14.3. The molecule has 0 radical (unpaired) electrons. The fourth-order valence-electron chi connectivity index (χ4n) is 2.57. The summed E-state index contributed by atoms with van der Waals surface area (Å²) in [5, 5.41) is 12.7. The van der Waals surface area contributed by atoms with Crippen LogP contribution in [0.2, 0.25) is 0 Å². The smallest absolute Gasteiger partial charge is 0.166 e. The average molecular weight is 343 g/mol. The van der Waals surface area contributed by atoms with Crippen molar-refractivity contribution in [3.63, 3.8) is 0 Å². The van der Waals surface area contributed by atoms with Gasteiger partial charge in [-0.3, -0.25) is 0 Å². The van der Waals surface area contributed by atoms with Crippen LogP contribution in [-0.4, -0.2) is 24.4 Å². The van der Waals surface area contributed by atoms with Gasteiger partial charge in [-0.15, -0.1) is 0 Å². The van der Waals surface area contributed by atoms with E-state index in [1.807, 2.05) is 25.1 Å². The number of aryl methyl sites for hydroxylation is 1. The Morgan fingerprint density at radius 3 is 2.44 bits per heavy atom. The highest BCUT2D eigenvalue weighted by Gasteiger charge is 2.13. The molecule has 0 bridgehead atoms. The minimum atomic E-state index is 0.0840. The van der Waals surface area contributed by atoms with Crippen LogP contribution in [-0.2, 0) is 13.2 Å². The second-order valence-electron chi connectivity index (χ2n) is 6.12. The van der Waals surface area contributed by atoms with E-state index in [0.717, 1.165) is 29.0 Å². The van der Waals surface area contributed by atoms with Gasteiger partial charge in [0.2, 0.25) is 0 Å². The van der Waals surface area contributed by atoms with Gasteiger partial charge in [0, 0.05) is 18.2 Å². The van der Waals surface area contributed by atoms with Crippen molar-refractivity contribution >= 4 is 0 Å². The monoisotopic (exact) mass is 343 g/mol. The van der Waals surface area contributed by atoms with Gasteiger partial charge in [-0.25, -0.2) is 0 Å². The molecule has 0 saturated carbocycles. The molecule has 0 fully saturated rings. The quantitative estimate of drug-likeness (QED) is 0.688. The molecule has 0 spiro atoms. The number of ether oxygens (including phenoxy) is 2. The van der Waals surface area contributed by atoms with Gasteiger partial charge in [0.05, 0.1) is 13.2 Å². The van der Waals surface area contributed by atoms with Crippen molar-refractivity contribution in [2.45, 2.75) is 46.4 Å². The Kier molecular flexibility index (Phi) is 7.76. The summed E-state index contributed by atoms with van der Waals surface area (Å²) in [6.45, 7) is 7.93. The maximum Gasteiger partial charge on any atom is 0.166 e. The fourth-order valence-corrected chi connectivity index (χ4v) is 2.57. The van der Waals surface area contributed by atoms with Crippen LogP contribution in [0.5, 0.6) is 11.5 Å². The molecule has 0 amide bonds. The van der Waals surface area contributed by atoms with E-state index in [9.17, 15) is 5.11 Å². The molecule has 0 heterocycles. The van der Waals surface area contributed by atoms with Crippen molar-refractivity contribution in [2.75, 3.05) is 13.2 Å². The minimum absolute atomic E-state index is 0.0840. The molecule has 25 heavy (non-hydrogen) atoms. The summed E-state index contributed by atoms with van der Waals surface area (Å²) >= 11 is 0. The van der Waals surface area contributed by atoms with E-state index >= 15 is 0 Å². The van der Waals surface area contributed by atoms with Gasteiger partial charge in [0.15, 0.2) is 11.5 Å². The van der Waals surface area contributed by atoms with Crippen molar-refractivity contribution in [1.29, 1.82) is 0 Å². The Labute approximate surface area is 150 Å². The molecule has 4 heteroatoms. The van der Waals surface area contributed by atoms with Gasteiger partial charge in [-0.1, -0.05) is 48.9 Å². The lowest BCUT2D eigenvalue weighted by molar-refractivity contribution is 0.236. The zero-order chi connectivity index (χ0) is 18.1. The van der Waals surface area contributed by atoms with E-state index < -0.39 is 0 Å². The van der Waals surface area contributed by atoms with E-state index in [0.29, 0.717) is 19.8 Å². The molecule has 1 unspecified atom stereocenters. The summed E-state index contributed by atoms with van der Waals surface area (Å²) in [7, 11) is 0. The van der Waals surface area contributed by atoms with Crippen molar-refractivity contribution in [1.82, 2.24) is 5.32 Å². The zero-order valence-electron chi connectivity index (χ0n) is 15.4. The predicted molar refractivity (Wildman–Crippen MR) is 101 cm³/mol. The highest BCUT2D eigenvalue weighted by Crippen LogP contribution is 2.32. The van der Waals surface area contributed by atoms with Crippen molar-refractivity contribution in [3.8, 4) is 11.5 Å². The predicted octanol–water partition coefficient (Wildman–Crippen LogP) is 3.83. The standard InChI is InChI=1S/C21H29NO3/c1-4-19(14-23)22-13-18-7-6-8-20(24-5-2)21(18)25-15-17-11-9-16(3)10-12-17/h6-12,19,22-23H,4-5,13-15H2,1-3H3. The van der Waals surface area contributed by atoms with Crippen LogP contribution in [0.1, 0.15) is 37.0 Å². The first-order chi connectivity index (χ1) is 12.2. The average Bonchev–Trinajstić information content (AvgIpc) is 2.63. The van der Waals surface area contributed by atoms with Crippen LogP contribution in [0.4, 0.5) is 0 Å². The van der Waals surface area contributed by atoms with Crippen molar-refractivity contribution < 1.29 is 14.6 Å². The normalized spacial score (nSPS) is 12.0. The lowest BCUT2D eigenvalue weighted by atomic mass is 10.1. The lowest BCUT2D eigenvalue weighted by Gasteiger charge is -2.19. The lowest BCUT2D eigenvalue weighted by Crippen LogP contribution is -2.31. The number of aliphatic hydroxyl groups is 1. The molecule has 0 saturated heterocycles. The number of benzene rings is 2. The van der Waals surface area contributed by atoms with Crippen LogP contribution < -0.4 is 14.8 Å². The number of aliphatic hydroxyl groups excluding tert-OH is 1. The van der Waals surface area contributed by atoms with Gasteiger partial charge in [0.1, 0.15) is 6.61 Å². The molecule has 4 nitrogen and oxygen atoms in total. The molecule has 2 N–H and O–H groups in total. The molecule has 136 valence electrons. The van der Waals surface area contributed by atoms with Crippen LogP contribution in [0.25, 0.3) is 0 Å². The molecule has 1 atom stereocenters. The maximum absolute atomic E-state index is 9.37. The third-order valence-electron chi connectivity index (χ3n) is 4.16. The highest BCUT2D eigenvalue weighted by atomic mass is 16.5. The number of hydrogen-bond donors (Lipinski definition) is 2. The van der Waals surface area contributed by atoms with E-state index in [1.165, 1.54) is 5.56 Å². The first-order valence-electron chi connectivity index (χ1n) is 8.95. The largest absolute Gasteiger partial charge is 0.490 e. The maximum atomic E-state index is 9.37. The van der Waals surface area contributed by atoms with E-state index in [1.54, 1.807) is 0 Å². The Bertz CT molecular complexity index is 636. The van der Waals surface area contributed by atoms with E-state index in [4.69, 9.17) is 9.47 Å². The minimum Gasteiger partial charge on any atom is -0.490 e. The molecular formula is C21H29NO3. The van der Waals surface area contributed by atoms with Gasteiger partial charge in [-0.2, -0.15) is 0 Å². The number of nitrogens with one attached hydrogen (secondary N) is 1. The van der Waals surface area contributed by atoms with Crippen LogP contribution in [0.3, 0.4) is 0 Å². The first kappa shape index (κ1) is 19.3. The molecular weight excluding hydrogens is 314 g/mol. The molecule has 0 aromatic heterocycles. The van der Waals surface area contributed by atoms with Gasteiger partial charge >= 0.3 is 0 Å². The van der Waals surface area contributed by atoms with Crippen LogP contribution >= 0.6 is 0 Å². The molecule has 0 aliphatic rings. The van der Waals surface area contributed by atoms with Gasteiger partial charge in [0.25, 0.3) is 0 Å². The highest BCUT2D eigenvalue weighted by molar-refractivity contribution is 5.47. The SMILES string of the molecule is CCOc1cccc(CNC(CC)CO)c1OCc1ccc(C)cc1. The number of para-hydroxylation sites is 1. The molecule has 0 aliphatic heterocycles.